The normalized spacial score (nSPS) is 11.8. The molecule has 1 rings (SSSR count). The lowest BCUT2D eigenvalue weighted by Gasteiger charge is -2.20. The predicted octanol–water partition coefficient (Wildman–Crippen LogP) is 1.82. The largest absolute Gasteiger partial charge is 0.397 e. The molecule has 0 aliphatic rings. The molecule has 0 bridgehead atoms. The summed E-state index contributed by atoms with van der Waals surface area (Å²) >= 11 is 0. The van der Waals surface area contributed by atoms with Gasteiger partial charge in [-0.1, -0.05) is 13.8 Å². The highest BCUT2D eigenvalue weighted by Crippen LogP contribution is 2.22. The average molecular weight is 299 g/mol. The number of likely N-dealkylation sites (N-methyl/N-ethyl adjacent to an activating group) is 1. The monoisotopic (exact) mass is 299 g/mol. The van der Waals surface area contributed by atoms with Gasteiger partial charge in [0, 0.05) is 19.3 Å². The van der Waals surface area contributed by atoms with Crippen LogP contribution in [-0.2, 0) is 9.84 Å². The van der Waals surface area contributed by atoms with Crippen molar-refractivity contribution in [2.24, 2.45) is 0 Å². The van der Waals surface area contributed by atoms with E-state index in [0.717, 1.165) is 38.3 Å². The Morgan fingerprint density at radius 3 is 2.45 bits per heavy atom. The van der Waals surface area contributed by atoms with Crippen LogP contribution in [0.25, 0.3) is 0 Å². The van der Waals surface area contributed by atoms with Crippen LogP contribution >= 0.6 is 0 Å². The molecule has 0 atom stereocenters. The number of nitrogen functional groups attached to an aromatic ring is 1. The van der Waals surface area contributed by atoms with Crippen molar-refractivity contribution < 1.29 is 8.42 Å². The quantitative estimate of drug-likeness (QED) is 0.716. The fraction of sp³-hybridized carbons (Fsp3) is 0.571. The summed E-state index contributed by atoms with van der Waals surface area (Å²) in [6.45, 7) is 8.15. The lowest BCUT2D eigenvalue weighted by atomic mass is 10.2. The minimum atomic E-state index is -3.20. The van der Waals surface area contributed by atoms with Crippen molar-refractivity contribution in [3.05, 3.63) is 18.2 Å². The second-order valence-electron chi connectivity index (χ2n) is 4.88. The first kappa shape index (κ1) is 16.8. The molecule has 0 aliphatic heterocycles. The molecule has 1 aromatic carbocycles. The van der Waals surface area contributed by atoms with Gasteiger partial charge in [0.25, 0.3) is 0 Å². The van der Waals surface area contributed by atoms with Crippen molar-refractivity contribution in [1.82, 2.24) is 4.90 Å². The van der Waals surface area contributed by atoms with Crippen LogP contribution in [-0.4, -0.2) is 45.8 Å². The molecule has 0 fully saturated rings. The molecule has 3 N–H and O–H groups in total. The Labute approximate surface area is 122 Å². The van der Waals surface area contributed by atoms with Crippen molar-refractivity contribution >= 4 is 21.2 Å². The smallest absolute Gasteiger partial charge is 0.175 e. The molecule has 0 aromatic heterocycles. The van der Waals surface area contributed by atoms with Crippen LogP contribution in [0, 0.1) is 0 Å². The molecule has 0 heterocycles. The van der Waals surface area contributed by atoms with Crippen LogP contribution in [0.2, 0.25) is 0 Å². The number of hydrogen-bond acceptors (Lipinski definition) is 5. The average Bonchev–Trinajstić information content (AvgIpc) is 2.38. The number of anilines is 2. The number of hydrogen-bond donors (Lipinski definition) is 2. The van der Waals surface area contributed by atoms with Crippen molar-refractivity contribution in [2.45, 2.75) is 25.2 Å². The number of rotatable bonds is 8. The van der Waals surface area contributed by atoms with Crippen LogP contribution in [0.4, 0.5) is 11.4 Å². The van der Waals surface area contributed by atoms with E-state index in [1.807, 2.05) is 0 Å². The fourth-order valence-electron chi connectivity index (χ4n) is 2.03. The molecule has 1 aromatic rings. The standard InChI is InChI=1S/C14H25N3O2S/c1-4-9-17(5-2)10-8-16-14-7-6-12(11-13(14)15)20(3,18)19/h6-7,11,16H,4-5,8-10,15H2,1-3H3. The Morgan fingerprint density at radius 2 is 1.95 bits per heavy atom. The van der Waals surface area contributed by atoms with Gasteiger partial charge in [-0.2, -0.15) is 0 Å². The van der Waals surface area contributed by atoms with Crippen LogP contribution < -0.4 is 11.1 Å². The third kappa shape index (κ3) is 5.02. The number of nitrogens with two attached hydrogens (primary N) is 1. The zero-order valence-electron chi connectivity index (χ0n) is 12.5. The zero-order chi connectivity index (χ0) is 15.2. The van der Waals surface area contributed by atoms with Gasteiger partial charge in [-0.15, -0.1) is 0 Å². The fourth-order valence-corrected chi connectivity index (χ4v) is 2.68. The van der Waals surface area contributed by atoms with E-state index >= 15 is 0 Å². The van der Waals surface area contributed by atoms with E-state index in [2.05, 4.69) is 24.1 Å². The number of benzene rings is 1. The molecule has 5 nitrogen and oxygen atoms in total. The van der Waals surface area contributed by atoms with Gasteiger partial charge in [-0.05, 0) is 37.7 Å². The molecule has 0 saturated carbocycles. The summed E-state index contributed by atoms with van der Waals surface area (Å²) in [6, 6.07) is 4.81. The summed E-state index contributed by atoms with van der Waals surface area (Å²) in [6.07, 6.45) is 2.32. The van der Waals surface area contributed by atoms with E-state index in [-0.39, 0.29) is 4.90 Å². The van der Waals surface area contributed by atoms with Crippen molar-refractivity contribution in [3.8, 4) is 0 Å². The topological polar surface area (TPSA) is 75.4 Å². The van der Waals surface area contributed by atoms with Gasteiger partial charge in [-0.3, -0.25) is 0 Å². The highest BCUT2D eigenvalue weighted by atomic mass is 32.2. The van der Waals surface area contributed by atoms with Crippen LogP contribution in [0.5, 0.6) is 0 Å². The number of nitrogens with zero attached hydrogens (tertiary/aromatic N) is 1. The summed E-state index contributed by atoms with van der Waals surface area (Å²) in [4.78, 5) is 2.61. The molecule has 0 unspecified atom stereocenters. The molecule has 0 amide bonds. The number of nitrogens with one attached hydrogen (secondary N) is 1. The Bertz CT molecular complexity index is 529. The molecule has 0 aliphatic carbocycles. The van der Waals surface area contributed by atoms with Crippen LogP contribution in [0.15, 0.2) is 23.1 Å². The Hall–Kier alpha value is -1.27. The first-order valence-corrected chi connectivity index (χ1v) is 8.83. The van der Waals surface area contributed by atoms with E-state index < -0.39 is 9.84 Å². The molecule has 6 heteroatoms. The van der Waals surface area contributed by atoms with Gasteiger partial charge in [0.2, 0.25) is 0 Å². The van der Waals surface area contributed by atoms with Gasteiger partial charge < -0.3 is 16.0 Å². The van der Waals surface area contributed by atoms with E-state index in [1.165, 1.54) is 12.3 Å². The Balaban J connectivity index is 2.61. The van der Waals surface area contributed by atoms with Gasteiger partial charge >= 0.3 is 0 Å². The zero-order valence-corrected chi connectivity index (χ0v) is 13.3. The van der Waals surface area contributed by atoms with E-state index in [0.29, 0.717) is 5.69 Å². The minimum absolute atomic E-state index is 0.252. The molecule has 0 spiro atoms. The van der Waals surface area contributed by atoms with Crippen molar-refractivity contribution in [3.63, 3.8) is 0 Å². The number of sulfone groups is 1. The van der Waals surface area contributed by atoms with E-state index in [4.69, 9.17) is 5.73 Å². The molecular formula is C14H25N3O2S. The third-order valence-electron chi connectivity index (χ3n) is 3.18. The summed E-state index contributed by atoms with van der Waals surface area (Å²) < 4.78 is 22.9. The molecule has 114 valence electrons. The van der Waals surface area contributed by atoms with Crippen molar-refractivity contribution in [2.75, 3.05) is 43.5 Å². The molecule has 0 saturated heterocycles. The minimum Gasteiger partial charge on any atom is -0.397 e. The van der Waals surface area contributed by atoms with Crippen LogP contribution in [0.3, 0.4) is 0 Å². The second kappa shape index (κ2) is 7.50. The Kier molecular flexibility index (Phi) is 6.29. The first-order valence-electron chi connectivity index (χ1n) is 6.94. The maximum absolute atomic E-state index is 11.4. The predicted molar refractivity (Wildman–Crippen MR) is 84.9 cm³/mol. The van der Waals surface area contributed by atoms with Gasteiger partial charge in [0.05, 0.1) is 16.3 Å². The van der Waals surface area contributed by atoms with Crippen LogP contribution in [0.1, 0.15) is 20.3 Å². The maximum atomic E-state index is 11.4. The first-order chi connectivity index (χ1) is 9.38. The highest BCUT2D eigenvalue weighted by molar-refractivity contribution is 7.90. The van der Waals surface area contributed by atoms with Crippen molar-refractivity contribution in [1.29, 1.82) is 0 Å². The lowest BCUT2D eigenvalue weighted by Crippen LogP contribution is -2.29. The van der Waals surface area contributed by atoms with Gasteiger partial charge in [-0.25, -0.2) is 8.42 Å². The molecule has 0 radical (unpaired) electrons. The highest BCUT2D eigenvalue weighted by Gasteiger charge is 2.09. The summed E-state index contributed by atoms with van der Waals surface area (Å²) in [5.41, 5.74) is 7.13. The molecular weight excluding hydrogens is 274 g/mol. The summed E-state index contributed by atoms with van der Waals surface area (Å²) in [7, 11) is -3.20. The summed E-state index contributed by atoms with van der Waals surface area (Å²) in [5, 5.41) is 3.25. The lowest BCUT2D eigenvalue weighted by molar-refractivity contribution is 0.300. The SMILES string of the molecule is CCCN(CC)CCNc1ccc(S(C)(=O)=O)cc1N. The second-order valence-corrected chi connectivity index (χ2v) is 6.90. The summed E-state index contributed by atoms with van der Waals surface area (Å²) in [5.74, 6) is 0. The maximum Gasteiger partial charge on any atom is 0.175 e. The van der Waals surface area contributed by atoms with Gasteiger partial charge in [0.15, 0.2) is 9.84 Å². The van der Waals surface area contributed by atoms with Gasteiger partial charge in [0.1, 0.15) is 0 Å². The molecule has 20 heavy (non-hydrogen) atoms. The third-order valence-corrected chi connectivity index (χ3v) is 4.29. The Morgan fingerprint density at radius 1 is 1.25 bits per heavy atom. The van der Waals surface area contributed by atoms with E-state index in [9.17, 15) is 8.42 Å². The van der Waals surface area contributed by atoms with E-state index in [1.54, 1.807) is 12.1 Å².